The molecule has 0 unspecified atom stereocenters. The zero-order valence-corrected chi connectivity index (χ0v) is 17.1. The normalized spacial score (nSPS) is 26.7. The summed E-state index contributed by atoms with van der Waals surface area (Å²) in [5.41, 5.74) is 2.93. The van der Waals surface area contributed by atoms with Gasteiger partial charge in [0.05, 0.1) is 23.1 Å². The minimum Gasteiger partial charge on any atom is -0.457 e. The van der Waals surface area contributed by atoms with E-state index >= 15 is 0 Å². The molecular weight excluding hydrogens is 402 g/mol. The van der Waals surface area contributed by atoms with Gasteiger partial charge in [0.1, 0.15) is 6.61 Å². The van der Waals surface area contributed by atoms with Crippen LogP contribution in [0.1, 0.15) is 29.3 Å². The Labute approximate surface area is 179 Å². The van der Waals surface area contributed by atoms with E-state index in [4.69, 9.17) is 16.3 Å². The lowest BCUT2D eigenvalue weighted by molar-refractivity contribution is -0.123. The van der Waals surface area contributed by atoms with E-state index in [0.29, 0.717) is 16.3 Å². The van der Waals surface area contributed by atoms with Crippen molar-refractivity contribution >= 4 is 35.1 Å². The maximum absolute atomic E-state index is 13.0. The molecule has 4 atom stereocenters. The van der Waals surface area contributed by atoms with Crippen molar-refractivity contribution in [3.8, 4) is 0 Å². The first kappa shape index (κ1) is 19.1. The fraction of sp³-hybridized carbons (Fsp3) is 0.292. The number of nitrogens with zero attached hydrogens (tertiary/aromatic N) is 1. The summed E-state index contributed by atoms with van der Waals surface area (Å²) in [6.07, 6.45) is 3.06. The number of fused-ring (bicyclic) bond motifs is 5. The Morgan fingerprint density at radius 1 is 1.03 bits per heavy atom. The van der Waals surface area contributed by atoms with Crippen LogP contribution in [0.3, 0.4) is 0 Å². The van der Waals surface area contributed by atoms with Crippen molar-refractivity contribution in [3.05, 3.63) is 76.3 Å². The fourth-order valence-electron chi connectivity index (χ4n) is 5.09. The Morgan fingerprint density at radius 3 is 2.40 bits per heavy atom. The van der Waals surface area contributed by atoms with E-state index < -0.39 is 5.97 Å². The van der Waals surface area contributed by atoms with Gasteiger partial charge in [-0.3, -0.25) is 14.5 Å². The van der Waals surface area contributed by atoms with Crippen LogP contribution >= 0.6 is 11.6 Å². The first-order chi connectivity index (χ1) is 14.4. The van der Waals surface area contributed by atoms with Crippen LogP contribution in [0, 0.1) is 23.7 Å². The van der Waals surface area contributed by atoms with Crippen molar-refractivity contribution in [2.45, 2.75) is 20.0 Å². The smallest absolute Gasteiger partial charge is 0.338 e. The molecule has 0 radical (unpaired) electrons. The van der Waals surface area contributed by atoms with Crippen LogP contribution < -0.4 is 4.90 Å². The van der Waals surface area contributed by atoms with Crippen LogP contribution in [0.5, 0.6) is 0 Å². The molecule has 5 rings (SSSR count). The predicted molar refractivity (Wildman–Crippen MR) is 112 cm³/mol. The Balaban J connectivity index is 1.28. The summed E-state index contributed by atoms with van der Waals surface area (Å²) in [7, 11) is 0. The van der Waals surface area contributed by atoms with E-state index in [-0.39, 0.29) is 42.1 Å². The third kappa shape index (κ3) is 2.96. The highest BCUT2D eigenvalue weighted by molar-refractivity contribution is 6.30. The number of hydrogen-bond acceptors (Lipinski definition) is 4. The molecule has 0 aromatic heterocycles. The minimum absolute atomic E-state index is 0.122. The van der Waals surface area contributed by atoms with Crippen LogP contribution in [-0.4, -0.2) is 17.8 Å². The summed E-state index contributed by atoms with van der Waals surface area (Å²) < 4.78 is 5.33. The number of hydrogen-bond donors (Lipinski definition) is 0. The molecule has 3 aliphatic rings. The predicted octanol–water partition coefficient (Wildman–Crippen LogP) is 4.40. The van der Waals surface area contributed by atoms with Gasteiger partial charge in [-0.1, -0.05) is 35.4 Å². The first-order valence-electron chi connectivity index (χ1n) is 10.0. The Hall–Kier alpha value is -2.92. The van der Waals surface area contributed by atoms with Crippen LogP contribution in [0.4, 0.5) is 5.69 Å². The lowest BCUT2D eigenvalue weighted by Gasteiger charge is -2.19. The molecule has 2 amide bonds. The standard InChI is InChI=1S/C24H20ClNO4/c1-13-10-16-11-19(13)21-20(16)22(27)26(23(21)28)18-8-4-15(5-9-18)24(29)30-12-14-2-6-17(25)7-3-14/h2-10,16,19-21H,11-12H2,1H3/t16-,19+,20-,21-/m1/s1. The molecule has 2 aliphatic carbocycles. The van der Waals surface area contributed by atoms with Crippen LogP contribution in [0.25, 0.3) is 0 Å². The number of ether oxygens (including phenoxy) is 1. The van der Waals surface area contributed by atoms with Gasteiger partial charge in [0.25, 0.3) is 0 Å². The second kappa shape index (κ2) is 7.10. The fourth-order valence-corrected chi connectivity index (χ4v) is 5.21. The van der Waals surface area contributed by atoms with Crippen molar-refractivity contribution in [1.82, 2.24) is 0 Å². The largest absolute Gasteiger partial charge is 0.457 e. The molecule has 2 aromatic carbocycles. The summed E-state index contributed by atoms with van der Waals surface area (Å²) in [6, 6.07) is 13.5. The Bertz CT molecular complexity index is 1070. The zero-order valence-electron chi connectivity index (χ0n) is 16.4. The van der Waals surface area contributed by atoms with E-state index in [1.165, 1.54) is 10.5 Å². The van der Waals surface area contributed by atoms with Crippen LogP contribution in [-0.2, 0) is 20.9 Å². The SMILES string of the molecule is CC1=C[C@@H]2C[C@@H]1[C@H]1C(=O)N(c3ccc(C(=O)OCc4ccc(Cl)cc4)cc3)C(=O)[C@@H]12. The molecule has 5 nitrogen and oxygen atoms in total. The molecule has 2 bridgehead atoms. The van der Waals surface area contributed by atoms with Gasteiger partial charge >= 0.3 is 5.97 Å². The molecule has 1 saturated heterocycles. The van der Waals surface area contributed by atoms with E-state index in [0.717, 1.165) is 12.0 Å². The lowest BCUT2D eigenvalue weighted by atomic mass is 9.82. The van der Waals surface area contributed by atoms with Gasteiger partial charge in [0, 0.05) is 5.02 Å². The zero-order chi connectivity index (χ0) is 21.0. The van der Waals surface area contributed by atoms with E-state index in [1.54, 1.807) is 48.5 Å². The van der Waals surface area contributed by atoms with Crippen molar-refractivity contribution in [3.63, 3.8) is 0 Å². The van der Waals surface area contributed by atoms with Gasteiger partial charge in [-0.15, -0.1) is 0 Å². The number of halogens is 1. The van der Waals surface area contributed by atoms with E-state index in [1.807, 2.05) is 6.92 Å². The van der Waals surface area contributed by atoms with Gasteiger partial charge in [0.2, 0.25) is 11.8 Å². The Kier molecular flexibility index (Phi) is 4.51. The molecule has 0 spiro atoms. The number of rotatable bonds is 4. The third-order valence-corrected chi connectivity index (χ3v) is 6.78. The van der Waals surface area contributed by atoms with Crippen molar-refractivity contribution in [2.24, 2.45) is 23.7 Å². The topological polar surface area (TPSA) is 63.7 Å². The van der Waals surface area contributed by atoms with Gasteiger partial charge in [-0.05, 0) is 67.1 Å². The molecule has 1 saturated carbocycles. The number of benzene rings is 2. The van der Waals surface area contributed by atoms with Gasteiger partial charge in [-0.25, -0.2) is 4.79 Å². The van der Waals surface area contributed by atoms with Crippen LogP contribution in [0.15, 0.2) is 60.2 Å². The van der Waals surface area contributed by atoms with E-state index in [9.17, 15) is 14.4 Å². The summed E-state index contributed by atoms with van der Waals surface area (Å²) >= 11 is 5.85. The highest BCUT2D eigenvalue weighted by Crippen LogP contribution is 2.55. The molecule has 2 aromatic rings. The number of carbonyl (C=O) groups excluding carboxylic acids is 3. The number of carbonyl (C=O) groups is 3. The number of amides is 2. The average Bonchev–Trinajstić information content (AvgIpc) is 3.38. The molecule has 1 aliphatic heterocycles. The second-order valence-corrected chi connectivity index (χ2v) is 8.67. The lowest BCUT2D eigenvalue weighted by Crippen LogP contribution is -2.32. The van der Waals surface area contributed by atoms with Crippen molar-refractivity contribution in [1.29, 1.82) is 0 Å². The quantitative estimate of drug-likeness (QED) is 0.417. The van der Waals surface area contributed by atoms with Crippen molar-refractivity contribution in [2.75, 3.05) is 4.90 Å². The monoisotopic (exact) mass is 421 g/mol. The molecule has 6 heteroatoms. The third-order valence-electron chi connectivity index (χ3n) is 6.53. The van der Waals surface area contributed by atoms with Gasteiger partial charge in [0.15, 0.2) is 0 Å². The maximum Gasteiger partial charge on any atom is 0.338 e. The van der Waals surface area contributed by atoms with E-state index in [2.05, 4.69) is 6.08 Å². The molecular formula is C24H20ClNO4. The number of anilines is 1. The van der Waals surface area contributed by atoms with Gasteiger partial charge < -0.3 is 4.74 Å². The highest BCUT2D eigenvalue weighted by atomic mass is 35.5. The molecule has 30 heavy (non-hydrogen) atoms. The number of esters is 1. The summed E-state index contributed by atoms with van der Waals surface area (Å²) in [5, 5.41) is 0.620. The second-order valence-electron chi connectivity index (χ2n) is 8.23. The van der Waals surface area contributed by atoms with Crippen LogP contribution in [0.2, 0.25) is 5.02 Å². The molecule has 152 valence electrons. The molecule has 1 heterocycles. The highest BCUT2D eigenvalue weighted by Gasteiger charge is 2.60. The maximum atomic E-state index is 13.0. The molecule has 0 N–H and O–H groups in total. The Morgan fingerprint density at radius 2 is 1.70 bits per heavy atom. The summed E-state index contributed by atoms with van der Waals surface area (Å²) in [6.45, 7) is 2.19. The summed E-state index contributed by atoms with van der Waals surface area (Å²) in [5.74, 6) is -0.841. The number of allylic oxidation sites excluding steroid dienone is 2. The average molecular weight is 422 g/mol. The van der Waals surface area contributed by atoms with Gasteiger partial charge in [-0.2, -0.15) is 0 Å². The minimum atomic E-state index is -0.467. The number of imide groups is 1. The molecule has 2 fully saturated rings. The summed E-state index contributed by atoms with van der Waals surface area (Å²) in [4.78, 5) is 39.6. The van der Waals surface area contributed by atoms with Crippen molar-refractivity contribution < 1.29 is 19.1 Å². The first-order valence-corrected chi connectivity index (χ1v) is 10.4.